The van der Waals surface area contributed by atoms with Crippen LogP contribution in [0.15, 0.2) is 54.6 Å². The summed E-state index contributed by atoms with van der Waals surface area (Å²) in [4.78, 5) is 0. The van der Waals surface area contributed by atoms with Crippen LogP contribution >= 0.6 is 11.6 Å². The minimum absolute atomic E-state index is 0.0277. The first-order valence-electron chi connectivity index (χ1n) is 7.89. The number of nitrogens with two attached hydrogens (primary N) is 1. The van der Waals surface area contributed by atoms with E-state index in [0.29, 0.717) is 6.61 Å². The standard InChI is InChI=1S/C19H22ClNO/c20-17-11-5-4-8-15(17)14-22-18-12-6-7-13-19(18,21)16-9-2-1-3-10-16/h1-5,8-11,18H,6-7,12-14,21H2. The summed E-state index contributed by atoms with van der Waals surface area (Å²) in [6.45, 7) is 0.510. The lowest BCUT2D eigenvalue weighted by molar-refractivity contribution is -0.0373. The Bertz CT molecular complexity index is 616. The van der Waals surface area contributed by atoms with Crippen LogP contribution in [0.3, 0.4) is 0 Å². The van der Waals surface area contributed by atoms with Gasteiger partial charge in [0.25, 0.3) is 0 Å². The van der Waals surface area contributed by atoms with E-state index in [-0.39, 0.29) is 6.10 Å². The summed E-state index contributed by atoms with van der Waals surface area (Å²) in [6, 6.07) is 18.2. The van der Waals surface area contributed by atoms with Crippen LogP contribution in [0, 0.1) is 0 Å². The van der Waals surface area contributed by atoms with Crippen molar-refractivity contribution < 1.29 is 4.74 Å². The topological polar surface area (TPSA) is 35.2 Å². The van der Waals surface area contributed by atoms with Gasteiger partial charge in [0.1, 0.15) is 0 Å². The molecule has 2 aromatic carbocycles. The fourth-order valence-corrected chi connectivity index (χ4v) is 3.47. The number of benzene rings is 2. The van der Waals surface area contributed by atoms with E-state index in [9.17, 15) is 0 Å². The van der Waals surface area contributed by atoms with Crippen molar-refractivity contribution in [2.75, 3.05) is 0 Å². The molecule has 3 heteroatoms. The highest BCUT2D eigenvalue weighted by Crippen LogP contribution is 2.37. The molecule has 1 aliphatic rings. The van der Waals surface area contributed by atoms with E-state index in [2.05, 4.69) is 12.1 Å². The zero-order valence-corrected chi connectivity index (χ0v) is 13.4. The van der Waals surface area contributed by atoms with Crippen LogP contribution < -0.4 is 5.73 Å². The predicted molar refractivity (Wildman–Crippen MR) is 90.8 cm³/mol. The zero-order chi connectivity index (χ0) is 15.4. The van der Waals surface area contributed by atoms with Gasteiger partial charge in [-0.1, -0.05) is 73.0 Å². The molecule has 2 N–H and O–H groups in total. The quantitative estimate of drug-likeness (QED) is 0.891. The first kappa shape index (κ1) is 15.5. The van der Waals surface area contributed by atoms with Crippen molar-refractivity contribution in [3.05, 3.63) is 70.7 Å². The Hall–Kier alpha value is -1.35. The maximum atomic E-state index is 6.77. The number of ether oxygens (including phenoxy) is 1. The Morgan fingerprint density at radius 2 is 1.77 bits per heavy atom. The molecule has 0 aromatic heterocycles. The second-order valence-corrected chi connectivity index (χ2v) is 6.45. The van der Waals surface area contributed by atoms with Gasteiger partial charge in [0, 0.05) is 5.02 Å². The third-order valence-electron chi connectivity index (χ3n) is 4.59. The number of hydrogen-bond acceptors (Lipinski definition) is 2. The molecule has 2 atom stereocenters. The lowest BCUT2D eigenvalue weighted by atomic mass is 9.75. The van der Waals surface area contributed by atoms with Crippen LogP contribution in [0.4, 0.5) is 0 Å². The largest absolute Gasteiger partial charge is 0.371 e. The molecule has 2 unspecified atom stereocenters. The summed E-state index contributed by atoms with van der Waals surface area (Å²) >= 11 is 6.22. The van der Waals surface area contributed by atoms with E-state index in [1.807, 2.05) is 42.5 Å². The van der Waals surface area contributed by atoms with Crippen LogP contribution in [0.1, 0.15) is 36.8 Å². The normalized spacial score (nSPS) is 25.1. The Balaban J connectivity index is 1.77. The fourth-order valence-electron chi connectivity index (χ4n) is 3.28. The van der Waals surface area contributed by atoms with Crippen molar-refractivity contribution in [2.45, 2.75) is 43.9 Å². The molecule has 22 heavy (non-hydrogen) atoms. The smallest absolute Gasteiger partial charge is 0.0800 e. The van der Waals surface area contributed by atoms with Gasteiger partial charge in [0.15, 0.2) is 0 Å². The molecule has 0 heterocycles. The van der Waals surface area contributed by atoms with Gasteiger partial charge in [0.05, 0.1) is 18.2 Å². The molecule has 0 amide bonds. The van der Waals surface area contributed by atoms with Gasteiger partial charge in [-0.3, -0.25) is 0 Å². The Kier molecular flexibility index (Phi) is 4.82. The summed E-state index contributed by atoms with van der Waals surface area (Å²) < 4.78 is 6.21. The minimum atomic E-state index is -0.402. The molecular formula is C19H22ClNO. The van der Waals surface area contributed by atoms with Crippen LogP contribution in [-0.4, -0.2) is 6.10 Å². The lowest BCUT2D eigenvalue weighted by Crippen LogP contribution is -2.51. The van der Waals surface area contributed by atoms with Gasteiger partial charge >= 0.3 is 0 Å². The van der Waals surface area contributed by atoms with Crippen molar-refractivity contribution in [1.29, 1.82) is 0 Å². The van der Waals surface area contributed by atoms with Crippen LogP contribution in [-0.2, 0) is 16.9 Å². The molecule has 2 nitrogen and oxygen atoms in total. The monoisotopic (exact) mass is 315 g/mol. The molecule has 3 rings (SSSR count). The first-order valence-corrected chi connectivity index (χ1v) is 8.27. The SMILES string of the molecule is NC1(c2ccccc2)CCCCC1OCc1ccccc1Cl. The molecule has 2 aromatic rings. The third kappa shape index (κ3) is 3.19. The molecule has 1 aliphatic carbocycles. The maximum Gasteiger partial charge on any atom is 0.0800 e. The first-order chi connectivity index (χ1) is 10.7. The average Bonchev–Trinajstić information content (AvgIpc) is 2.56. The minimum Gasteiger partial charge on any atom is -0.371 e. The van der Waals surface area contributed by atoms with E-state index in [4.69, 9.17) is 22.1 Å². The summed E-state index contributed by atoms with van der Waals surface area (Å²) in [5, 5.41) is 0.751. The van der Waals surface area contributed by atoms with Gasteiger partial charge < -0.3 is 10.5 Å². The van der Waals surface area contributed by atoms with Gasteiger partial charge in [-0.2, -0.15) is 0 Å². The fraction of sp³-hybridized carbons (Fsp3) is 0.368. The molecule has 0 aliphatic heterocycles. The summed E-state index contributed by atoms with van der Waals surface area (Å²) in [5.74, 6) is 0. The third-order valence-corrected chi connectivity index (χ3v) is 4.96. The van der Waals surface area contributed by atoms with E-state index in [1.165, 1.54) is 12.0 Å². The number of rotatable bonds is 4. The van der Waals surface area contributed by atoms with Crippen LogP contribution in [0.2, 0.25) is 5.02 Å². The molecule has 1 saturated carbocycles. The van der Waals surface area contributed by atoms with E-state index < -0.39 is 5.54 Å². The van der Waals surface area contributed by atoms with Crippen molar-refractivity contribution in [3.8, 4) is 0 Å². The van der Waals surface area contributed by atoms with Gasteiger partial charge in [-0.15, -0.1) is 0 Å². The molecule has 0 spiro atoms. The zero-order valence-electron chi connectivity index (χ0n) is 12.7. The molecular weight excluding hydrogens is 294 g/mol. The van der Waals surface area contributed by atoms with E-state index >= 15 is 0 Å². The molecule has 0 saturated heterocycles. The number of hydrogen-bond donors (Lipinski definition) is 1. The number of halogens is 1. The Morgan fingerprint density at radius 3 is 2.55 bits per heavy atom. The van der Waals surface area contributed by atoms with Crippen LogP contribution in [0.5, 0.6) is 0 Å². The molecule has 116 valence electrons. The Labute approximate surface area is 137 Å². The van der Waals surface area contributed by atoms with Crippen molar-refractivity contribution >= 4 is 11.6 Å². The van der Waals surface area contributed by atoms with Gasteiger partial charge in [-0.25, -0.2) is 0 Å². The van der Waals surface area contributed by atoms with Crippen LogP contribution in [0.25, 0.3) is 0 Å². The van der Waals surface area contributed by atoms with Crippen molar-refractivity contribution in [2.24, 2.45) is 5.73 Å². The predicted octanol–water partition coefficient (Wildman–Crippen LogP) is 4.65. The second kappa shape index (κ2) is 6.82. The molecule has 1 fully saturated rings. The lowest BCUT2D eigenvalue weighted by Gasteiger charge is -2.41. The summed E-state index contributed by atoms with van der Waals surface area (Å²) in [6.07, 6.45) is 4.30. The van der Waals surface area contributed by atoms with Crippen molar-refractivity contribution in [3.63, 3.8) is 0 Å². The van der Waals surface area contributed by atoms with E-state index in [0.717, 1.165) is 29.8 Å². The highest BCUT2D eigenvalue weighted by Gasteiger charge is 2.39. The highest BCUT2D eigenvalue weighted by molar-refractivity contribution is 6.31. The average molecular weight is 316 g/mol. The maximum absolute atomic E-state index is 6.77. The summed E-state index contributed by atoms with van der Waals surface area (Å²) in [5.41, 5.74) is 8.55. The molecule has 0 radical (unpaired) electrons. The second-order valence-electron chi connectivity index (χ2n) is 6.04. The summed E-state index contributed by atoms with van der Waals surface area (Å²) in [7, 11) is 0. The molecule has 0 bridgehead atoms. The van der Waals surface area contributed by atoms with E-state index in [1.54, 1.807) is 0 Å². The van der Waals surface area contributed by atoms with Crippen molar-refractivity contribution in [1.82, 2.24) is 0 Å². The van der Waals surface area contributed by atoms with Gasteiger partial charge in [-0.05, 0) is 30.0 Å². The highest BCUT2D eigenvalue weighted by atomic mass is 35.5. The van der Waals surface area contributed by atoms with Gasteiger partial charge in [0.2, 0.25) is 0 Å². The Morgan fingerprint density at radius 1 is 1.05 bits per heavy atom.